The number of esters is 2. The minimum Gasteiger partial charge on any atom is -0.483 e. The summed E-state index contributed by atoms with van der Waals surface area (Å²) in [5, 5.41) is 12.4. The Bertz CT molecular complexity index is 1270. The number of nitrogens with one attached hydrogen (secondary N) is 1. The maximum Gasteiger partial charge on any atom is 0.338 e. The fourth-order valence-corrected chi connectivity index (χ4v) is 3.66. The molecule has 0 aliphatic carbocycles. The van der Waals surface area contributed by atoms with Crippen LogP contribution in [-0.2, 0) is 23.8 Å². The molecule has 0 spiro atoms. The molecule has 0 aromatic heterocycles. The monoisotopic (exact) mass is 491 g/mol. The molecule has 1 amide bonds. The summed E-state index contributed by atoms with van der Waals surface area (Å²) in [6.07, 6.45) is 0. The number of nitrogens with zero attached hydrogens (tertiary/aromatic N) is 1. The first-order chi connectivity index (χ1) is 17.3. The van der Waals surface area contributed by atoms with Crippen LogP contribution in [0.4, 0.5) is 5.69 Å². The molecule has 1 heterocycles. The van der Waals surface area contributed by atoms with E-state index in [9.17, 15) is 19.6 Å². The Morgan fingerprint density at radius 1 is 1.11 bits per heavy atom. The molecule has 0 fully saturated rings. The third-order valence-corrected chi connectivity index (χ3v) is 5.28. The van der Waals surface area contributed by atoms with E-state index in [4.69, 9.17) is 24.7 Å². The Balaban J connectivity index is 1.80. The lowest BCUT2D eigenvalue weighted by molar-refractivity contribution is -0.136. The van der Waals surface area contributed by atoms with Crippen molar-refractivity contribution in [3.8, 4) is 11.8 Å². The molecule has 3 rings (SSSR count). The van der Waals surface area contributed by atoms with Crippen LogP contribution in [-0.4, -0.2) is 38.2 Å². The van der Waals surface area contributed by atoms with Crippen molar-refractivity contribution >= 4 is 23.5 Å². The van der Waals surface area contributed by atoms with Crippen molar-refractivity contribution < 1.29 is 33.3 Å². The second kappa shape index (κ2) is 11.6. The second-order valence-electron chi connectivity index (χ2n) is 7.56. The smallest absolute Gasteiger partial charge is 0.338 e. The number of anilines is 1. The number of para-hydroxylation sites is 1. The molecule has 0 unspecified atom stereocenters. The molecule has 1 aliphatic rings. The minimum absolute atomic E-state index is 0.0168. The zero-order valence-corrected chi connectivity index (χ0v) is 20.0. The van der Waals surface area contributed by atoms with Gasteiger partial charge in [-0.1, -0.05) is 18.2 Å². The van der Waals surface area contributed by atoms with Gasteiger partial charge in [0.05, 0.1) is 30.8 Å². The molecule has 0 bridgehead atoms. The number of amides is 1. The Hall–Kier alpha value is -4.78. The summed E-state index contributed by atoms with van der Waals surface area (Å²) >= 11 is 0. The van der Waals surface area contributed by atoms with Crippen LogP contribution >= 0.6 is 0 Å². The molecule has 1 aliphatic heterocycles. The Labute approximate surface area is 207 Å². The number of hydrogen-bond donors (Lipinski definition) is 2. The van der Waals surface area contributed by atoms with Gasteiger partial charge in [-0.25, -0.2) is 9.59 Å². The van der Waals surface area contributed by atoms with Crippen LogP contribution in [0.5, 0.6) is 5.75 Å². The van der Waals surface area contributed by atoms with E-state index >= 15 is 0 Å². The predicted octanol–water partition coefficient (Wildman–Crippen LogP) is 3.14. The average Bonchev–Trinajstić information content (AvgIpc) is 2.87. The van der Waals surface area contributed by atoms with Gasteiger partial charge in [0.2, 0.25) is 5.88 Å². The standard InChI is InChI=1S/C26H25N3O7/c1-4-34-25(31)16-9-11-17(12-10-16)29-21(30)14-35-20-8-6-5-7-18(20)23-19(13-27)24(28)36-15(2)22(23)26(32)33-3/h5-12,23H,4,14,28H2,1-3H3,(H,29,30)/t23-/m0/s1. The maximum atomic E-state index is 12.5. The summed E-state index contributed by atoms with van der Waals surface area (Å²) in [7, 11) is 1.22. The van der Waals surface area contributed by atoms with Crippen LogP contribution in [0, 0.1) is 11.3 Å². The lowest BCUT2D eigenvalue weighted by Crippen LogP contribution is -2.26. The minimum atomic E-state index is -0.911. The van der Waals surface area contributed by atoms with Gasteiger partial charge >= 0.3 is 11.9 Å². The van der Waals surface area contributed by atoms with Gasteiger partial charge in [-0.3, -0.25) is 4.79 Å². The zero-order chi connectivity index (χ0) is 26.2. The second-order valence-corrected chi connectivity index (χ2v) is 7.56. The van der Waals surface area contributed by atoms with Crippen molar-refractivity contribution in [2.24, 2.45) is 5.73 Å². The zero-order valence-electron chi connectivity index (χ0n) is 20.0. The van der Waals surface area contributed by atoms with Crippen LogP contribution in [0.15, 0.2) is 71.3 Å². The molecule has 10 nitrogen and oxygen atoms in total. The van der Waals surface area contributed by atoms with Crippen molar-refractivity contribution in [1.29, 1.82) is 5.26 Å². The highest BCUT2D eigenvalue weighted by Gasteiger charge is 2.37. The van der Waals surface area contributed by atoms with E-state index in [1.807, 2.05) is 6.07 Å². The molecule has 3 N–H and O–H groups in total. The Kier molecular flexibility index (Phi) is 8.30. The molecule has 0 saturated heterocycles. The van der Waals surface area contributed by atoms with Crippen LogP contribution in [0.2, 0.25) is 0 Å². The summed E-state index contributed by atoms with van der Waals surface area (Å²) in [6, 6.07) is 14.9. The number of methoxy groups -OCH3 is 1. The van der Waals surface area contributed by atoms with Gasteiger partial charge in [0, 0.05) is 11.3 Å². The largest absolute Gasteiger partial charge is 0.483 e. The number of carbonyl (C=O) groups excluding carboxylic acids is 3. The molecule has 0 saturated carbocycles. The quantitative estimate of drug-likeness (QED) is 0.531. The lowest BCUT2D eigenvalue weighted by Gasteiger charge is -2.27. The molecule has 186 valence electrons. The highest BCUT2D eigenvalue weighted by Crippen LogP contribution is 2.42. The molecule has 1 atom stereocenters. The number of benzene rings is 2. The third-order valence-electron chi connectivity index (χ3n) is 5.28. The number of nitrogens with two attached hydrogens (primary N) is 1. The molecule has 0 radical (unpaired) electrons. The molecule has 10 heteroatoms. The van der Waals surface area contributed by atoms with E-state index < -0.39 is 23.8 Å². The highest BCUT2D eigenvalue weighted by atomic mass is 16.5. The van der Waals surface area contributed by atoms with Crippen LogP contribution < -0.4 is 15.8 Å². The first kappa shape index (κ1) is 25.8. The van der Waals surface area contributed by atoms with E-state index in [2.05, 4.69) is 5.32 Å². The number of hydrogen-bond acceptors (Lipinski definition) is 9. The summed E-state index contributed by atoms with van der Waals surface area (Å²) in [6.45, 7) is 3.16. The van der Waals surface area contributed by atoms with Gasteiger partial charge in [-0.05, 0) is 44.2 Å². The van der Waals surface area contributed by atoms with Crippen molar-refractivity contribution in [2.75, 3.05) is 25.6 Å². The Morgan fingerprint density at radius 2 is 1.81 bits per heavy atom. The number of ether oxygens (including phenoxy) is 4. The lowest BCUT2D eigenvalue weighted by atomic mass is 9.82. The normalized spacial score (nSPS) is 14.9. The fourth-order valence-electron chi connectivity index (χ4n) is 3.66. The van der Waals surface area contributed by atoms with Gasteiger partial charge < -0.3 is 30.0 Å². The van der Waals surface area contributed by atoms with Gasteiger partial charge in [0.25, 0.3) is 5.91 Å². The van der Waals surface area contributed by atoms with E-state index in [1.54, 1.807) is 50.2 Å². The van der Waals surface area contributed by atoms with Gasteiger partial charge in [-0.15, -0.1) is 0 Å². The molecule has 2 aromatic rings. The van der Waals surface area contributed by atoms with Crippen molar-refractivity contribution in [1.82, 2.24) is 0 Å². The number of rotatable bonds is 8. The number of allylic oxidation sites excluding steroid dienone is 2. The fraction of sp³-hybridized carbons (Fsp3) is 0.231. The topological polar surface area (TPSA) is 150 Å². The van der Waals surface area contributed by atoms with Crippen molar-refractivity contribution in [2.45, 2.75) is 19.8 Å². The summed E-state index contributed by atoms with van der Waals surface area (Å²) in [4.78, 5) is 36.8. The molecule has 36 heavy (non-hydrogen) atoms. The Morgan fingerprint density at radius 3 is 2.44 bits per heavy atom. The van der Waals surface area contributed by atoms with E-state index in [0.29, 0.717) is 16.8 Å². The van der Waals surface area contributed by atoms with Crippen LogP contribution in [0.1, 0.15) is 35.7 Å². The SMILES string of the molecule is CCOC(=O)c1ccc(NC(=O)COc2ccccc2[C@H]2C(C#N)=C(N)OC(C)=C2C(=O)OC)cc1. The molecule has 2 aromatic carbocycles. The van der Waals surface area contributed by atoms with Gasteiger partial charge in [0.1, 0.15) is 23.2 Å². The first-order valence-electron chi connectivity index (χ1n) is 11.0. The summed E-state index contributed by atoms with van der Waals surface area (Å²) < 4.78 is 21.0. The van der Waals surface area contributed by atoms with E-state index in [1.165, 1.54) is 19.2 Å². The van der Waals surface area contributed by atoms with E-state index in [0.717, 1.165) is 0 Å². The third kappa shape index (κ3) is 5.64. The number of nitriles is 1. The molecular weight excluding hydrogens is 466 g/mol. The maximum absolute atomic E-state index is 12.5. The summed E-state index contributed by atoms with van der Waals surface area (Å²) in [5.41, 5.74) is 7.31. The van der Waals surface area contributed by atoms with Crippen LogP contribution in [0.25, 0.3) is 0 Å². The van der Waals surface area contributed by atoms with Gasteiger partial charge in [0.15, 0.2) is 6.61 Å². The molecular formula is C26H25N3O7. The predicted molar refractivity (Wildman–Crippen MR) is 128 cm³/mol. The highest BCUT2D eigenvalue weighted by molar-refractivity contribution is 5.94. The van der Waals surface area contributed by atoms with Crippen LogP contribution in [0.3, 0.4) is 0 Å². The number of carbonyl (C=O) groups is 3. The van der Waals surface area contributed by atoms with E-state index in [-0.39, 0.29) is 41.8 Å². The first-order valence-corrected chi connectivity index (χ1v) is 11.0. The van der Waals surface area contributed by atoms with Gasteiger partial charge in [-0.2, -0.15) is 5.26 Å². The average molecular weight is 492 g/mol. The van der Waals surface area contributed by atoms with Crippen molar-refractivity contribution in [3.05, 3.63) is 82.4 Å². The van der Waals surface area contributed by atoms with Crippen molar-refractivity contribution in [3.63, 3.8) is 0 Å². The summed E-state index contributed by atoms with van der Waals surface area (Å²) in [5.74, 6) is -2.18.